The zero-order chi connectivity index (χ0) is 28.5. The fraction of sp³-hybridized carbons (Fsp3) is 0.433. The molecule has 0 bridgehead atoms. The van der Waals surface area contributed by atoms with Crippen molar-refractivity contribution in [2.24, 2.45) is 0 Å². The van der Waals surface area contributed by atoms with Crippen LogP contribution in [-0.2, 0) is 20.9 Å². The monoisotopic (exact) mass is 521 g/mol. The van der Waals surface area contributed by atoms with Gasteiger partial charge in [0.05, 0.1) is 6.61 Å². The number of aliphatic hydroxyl groups excluding tert-OH is 1. The van der Waals surface area contributed by atoms with Gasteiger partial charge < -0.3 is 25.4 Å². The Morgan fingerprint density at radius 3 is 2.13 bits per heavy atom. The number of benzene rings is 2. The third-order valence-electron chi connectivity index (χ3n) is 6.14. The summed E-state index contributed by atoms with van der Waals surface area (Å²) in [6, 6.07) is 13.9. The number of carbonyl (C=O) groups excluding carboxylic acids is 3. The molecule has 0 radical (unpaired) electrons. The van der Waals surface area contributed by atoms with Gasteiger partial charge in [-0.25, -0.2) is 4.79 Å². The van der Waals surface area contributed by atoms with E-state index in [0.717, 1.165) is 5.56 Å². The molecule has 8 nitrogen and oxygen atoms in total. The first kappa shape index (κ1) is 30.4. The van der Waals surface area contributed by atoms with Crippen LogP contribution in [0, 0.1) is 12.3 Å². The molecule has 38 heavy (non-hydrogen) atoms. The molecule has 3 N–H and O–H groups in total. The first-order valence-corrected chi connectivity index (χ1v) is 12.6. The first-order chi connectivity index (χ1) is 17.8. The Bertz CT molecular complexity index is 1130. The third-order valence-corrected chi connectivity index (χ3v) is 6.14. The van der Waals surface area contributed by atoms with Crippen molar-refractivity contribution < 1.29 is 24.2 Å². The summed E-state index contributed by atoms with van der Waals surface area (Å²) in [4.78, 5) is 41.7. The summed E-state index contributed by atoms with van der Waals surface area (Å²) in [5.41, 5.74) is 0.436. The van der Waals surface area contributed by atoms with E-state index in [1.165, 1.54) is 4.90 Å². The molecule has 0 aliphatic heterocycles. The summed E-state index contributed by atoms with van der Waals surface area (Å²) in [6.45, 7) is 10.2. The summed E-state index contributed by atoms with van der Waals surface area (Å²) in [5, 5.41) is 15.5. The van der Waals surface area contributed by atoms with Crippen molar-refractivity contribution in [2.75, 3.05) is 6.61 Å². The summed E-state index contributed by atoms with van der Waals surface area (Å²) >= 11 is 0. The Labute approximate surface area is 225 Å². The predicted molar refractivity (Wildman–Crippen MR) is 147 cm³/mol. The second kappa shape index (κ2) is 13.1. The van der Waals surface area contributed by atoms with Crippen LogP contribution in [-0.4, -0.2) is 51.7 Å². The fourth-order valence-electron chi connectivity index (χ4n) is 3.81. The van der Waals surface area contributed by atoms with E-state index in [-0.39, 0.29) is 6.54 Å². The van der Waals surface area contributed by atoms with Crippen molar-refractivity contribution in [3.05, 3.63) is 71.3 Å². The smallest absolute Gasteiger partial charge is 0.408 e. The van der Waals surface area contributed by atoms with Crippen molar-refractivity contribution in [3.8, 4) is 12.3 Å². The zero-order valence-corrected chi connectivity index (χ0v) is 23.1. The Kier molecular flexibility index (Phi) is 10.5. The molecule has 2 atom stereocenters. The molecule has 0 fully saturated rings. The highest BCUT2D eigenvalue weighted by Crippen LogP contribution is 2.32. The molecule has 2 aromatic carbocycles. The summed E-state index contributed by atoms with van der Waals surface area (Å²) in [5.74, 6) is 1.52. The lowest BCUT2D eigenvalue weighted by Crippen LogP contribution is -2.60. The van der Waals surface area contributed by atoms with Crippen LogP contribution in [0.2, 0.25) is 0 Å². The lowest BCUT2D eigenvalue weighted by molar-refractivity contribution is -0.150. The normalized spacial score (nSPS) is 13.0. The molecule has 0 aromatic heterocycles. The van der Waals surface area contributed by atoms with Crippen LogP contribution in [0.4, 0.5) is 4.79 Å². The minimum atomic E-state index is -1.33. The van der Waals surface area contributed by atoms with Gasteiger partial charge in [0.15, 0.2) is 0 Å². The van der Waals surface area contributed by atoms with Crippen LogP contribution in [0.3, 0.4) is 0 Å². The molecule has 0 heterocycles. The van der Waals surface area contributed by atoms with E-state index in [0.29, 0.717) is 17.5 Å². The van der Waals surface area contributed by atoms with Crippen LogP contribution < -0.4 is 10.6 Å². The predicted octanol–water partition coefficient (Wildman–Crippen LogP) is 3.93. The topological polar surface area (TPSA) is 108 Å². The second-order valence-corrected chi connectivity index (χ2v) is 10.6. The molecule has 0 spiro atoms. The number of alkyl carbamates (subject to hydrolysis) is 1. The van der Waals surface area contributed by atoms with Gasteiger partial charge in [-0.2, -0.15) is 0 Å². The van der Waals surface area contributed by atoms with E-state index in [2.05, 4.69) is 16.6 Å². The molecule has 8 heteroatoms. The molecular formula is C30H39N3O5. The Morgan fingerprint density at radius 2 is 1.63 bits per heavy atom. The molecule has 3 amide bonds. The second-order valence-electron chi connectivity index (χ2n) is 10.6. The molecule has 2 unspecified atom stereocenters. The maximum atomic E-state index is 14.0. The Balaban J connectivity index is 2.52. The Hall–Kier alpha value is -3.83. The molecule has 0 aliphatic carbocycles. The number of hydrogen-bond donors (Lipinski definition) is 3. The van der Waals surface area contributed by atoms with Crippen LogP contribution in [0.15, 0.2) is 54.6 Å². The van der Waals surface area contributed by atoms with E-state index in [1.807, 2.05) is 51.1 Å². The summed E-state index contributed by atoms with van der Waals surface area (Å²) < 4.78 is 5.29. The van der Waals surface area contributed by atoms with Crippen LogP contribution in [0.5, 0.6) is 0 Å². The number of ether oxygens (including phenoxy) is 1. The number of terminal acetylenes is 1. The van der Waals surface area contributed by atoms with Crippen molar-refractivity contribution in [3.63, 3.8) is 0 Å². The van der Waals surface area contributed by atoms with E-state index in [1.54, 1.807) is 45.0 Å². The fourth-order valence-corrected chi connectivity index (χ4v) is 3.81. The highest BCUT2D eigenvalue weighted by atomic mass is 16.6. The number of aliphatic hydroxyl groups is 1. The molecule has 204 valence electrons. The maximum absolute atomic E-state index is 14.0. The van der Waals surface area contributed by atoms with Gasteiger partial charge in [0.25, 0.3) is 0 Å². The lowest BCUT2D eigenvalue weighted by atomic mass is 9.91. The van der Waals surface area contributed by atoms with Crippen LogP contribution in [0.1, 0.15) is 70.7 Å². The van der Waals surface area contributed by atoms with E-state index >= 15 is 0 Å². The average Bonchev–Trinajstić information content (AvgIpc) is 2.88. The minimum absolute atomic E-state index is 0.257. The molecule has 0 saturated carbocycles. The minimum Gasteiger partial charge on any atom is -0.444 e. The molecule has 2 aromatic rings. The van der Waals surface area contributed by atoms with Gasteiger partial charge in [-0.1, -0.05) is 55.3 Å². The van der Waals surface area contributed by atoms with E-state index in [4.69, 9.17) is 11.2 Å². The first-order valence-electron chi connectivity index (χ1n) is 12.6. The van der Waals surface area contributed by atoms with Crippen LogP contribution >= 0.6 is 0 Å². The quantitative estimate of drug-likeness (QED) is 0.411. The molecular weight excluding hydrogens is 482 g/mol. The standard InChI is InChI=1S/C30H39N3O5/c1-8-21-15-17-23(18-16-21)25(26(35)31-19-22-13-11-10-12-14-22)33(30(6,7)9-2)27(36)24(20-34)32-28(37)38-29(3,4)5/h1,10-18,24-25,34H,9,19-20H2,2-7H3,(H,31,35)(H,32,37). The zero-order valence-electron chi connectivity index (χ0n) is 23.1. The van der Waals surface area contributed by atoms with Gasteiger partial charge >= 0.3 is 6.09 Å². The summed E-state index contributed by atoms with van der Waals surface area (Å²) in [6.07, 6.45) is 5.17. The van der Waals surface area contributed by atoms with Gasteiger partial charge in [-0.3, -0.25) is 9.59 Å². The third kappa shape index (κ3) is 8.35. The Morgan fingerprint density at radius 1 is 1.03 bits per heavy atom. The highest BCUT2D eigenvalue weighted by Gasteiger charge is 2.43. The summed E-state index contributed by atoms with van der Waals surface area (Å²) in [7, 11) is 0. The number of amides is 3. The van der Waals surface area contributed by atoms with Crippen molar-refractivity contribution in [1.82, 2.24) is 15.5 Å². The number of rotatable bonds is 10. The van der Waals surface area contributed by atoms with Crippen molar-refractivity contribution in [2.45, 2.75) is 77.7 Å². The number of nitrogens with one attached hydrogen (secondary N) is 2. The largest absolute Gasteiger partial charge is 0.444 e. The van der Waals surface area contributed by atoms with Gasteiger partial charge in [0, 0.05) is 17.6 Å². The average molecular weight is 522 g/mol. The van der Waals surface area contributed by atoms with Gasteiger partial charge in [0.2, 0.25) is 11.8 Å². The number of carbonyl (C=O) groups is 3. The van der Waals surface area contributed by atoms with E-state index in [9.17, 15) is 19.5 Å². The van der Waals surface area contributed by atoms with E-state index < -0.39 is 47.7 Å². The maximum Gasteiger partial charge on any atom is 0.408 e. The lowest BCUT2D eigenvalue weighted by Gasteiger charge is -2.44. The van der Waals surface area contributed by atoms with Gasteiger partial charge in [0.1, 0.15) is 17.7 Å². The SMILES string of the molecule is C#Cc1ccc(C(C(=O)NCc2ccccc2)N(C(=O)C(CO)NC(=O)OC(C)(C)C)C(C)(C)CC)cc1. The van der Waals surface area contributed by atoms with Crippen molar-refractivity contribution in [1.29, 1.82) is 0 Å². The molecule has 2 rings (SSSR count). The molecule has 0 saturated heterocycles. The van der Waals surface area contributed by atoms with Gasteiger partial charge in [-0.15, -0.1) is 6.42 Å². The highest BCUT2D eigenvalue weighted by molar-refractivity contribution is 5.92. The van der Waals surface area contributed by atoms with Crippen molar-refractivity contribution >= 4 is 17.9 Å². The molecule has 0 aliphatic rings. The van der Waals surface area contributed by atoms with Crippen LogP contribution in [0.25, 0.3) is 0 Å². The number of nitrogens with zero attached hydrogens (tertiary/aromatic N) is 1. The van der Waals surface area contributed by atoms with Gasteiger partial charge in [-0.05, 0) is 64.3 Å². The number of hydrogen-bond acceptors (Lipinski definition) is 5.